The summed E-state index contributed by atoms with van der Waals surface area (Å²) in [7, 11) is 1.71. The lowest BCUT2D eigenvalue weighted by Gasteiger charge is -2.10. The molecule has 4 heterocycles. The Balaban J connectivity index is 0.000000157. The van der Waals surface area contributed by atoms with E-state index in [0.29, 0.717) is 11.6 Å². The van der Waals surface area contributed by atoms with Gasteiger partial charge in [0.25, 0.3) is 0 Å². The van der Waals surface area contributed by atoms with Crippen LogP contribution in [0.3, 0.4) is 0 Å². The Morgan fingerprint density at radius 1 is 0.520 bits per heavy atom. The first kappa shape index (κ1) is 32.5. The lowest BCUT2D eigenvalue weighted by Crippen LogP contribution is -1.99. The van der Waals surface area contributed by atoms with Crippen molar-refractivity contribution in [3.8, 4) is 5.75 Å². The highest BCUT2D eigenvalue weighted by atomic mass is 16.5. The van der Waals surface area contributed by atoms with E-state index >= 15 is 0 Å². The molecule has 0 aliphatic carbocycles. The van der Waals surface area contributed by atoms with Crippen molar-refractivity contribution < 1.29 is 4.74 Å². The predicted octanol–water partition coefficient (Wildman–Crippen LogP) is 8.87. The zero-order chi connectivity index (χ0) is 34.5. The summed E-state index contributed by atoms with van der Waals surface area (Å²) in [5.41, 5.74) is 21.9. The van der Waals surface area contributed by atoms with Gasteiger partial charge in [0.1, 0.15) is 16.8 Å². The second-order valence-corrected chi connectivity index (χ2v) is 12.5. The van der Waals surface area contributed by atoms with E-state index in [1.807, 2.05) is 67.0 Å². The van der Waals surface area contributed by atoms with E-state index in [1.54, 1.807) is 7.11 Å². The van der Waals surface area contributed by atoms with Crippen molar-refractivity contribution >= 4 is 55.2 Å². The fraction of sp³-hybridized carbons (Fsp3) is 0.163. The smallest absolute Gasteiger partial charge is 0.150 e. The van der Waals surface area contributed by atoms with E-state index in [1.165, 1.54) is 27.8 Å². The molecule has 8 rings (SSSR count). The van der Waals surface area contributed by atoms with Crippen LogP contribution in [0.1, 0.15) is 34.7 Å². The summed E-state index contributed by atoms with van der Waals surface area (Å²) in [4.78, 5) is 18.1. The number of hydrogen-bond acceptors (Lipinski definition) is 7. The Morgan fingerprint density at radius 3 is 1.56 bits per heavy atom. The molecular weight excluding hydrogens is 617 g/mol. The van der Waals surface area contributed by atoms with Gasteiger partial charge in [0, 0.05) is 33.9 Å². The summed E-state index contributed by atoms with van der Waals surface area (Å²) in [6.07, 6.45) is 8.66. The number of pyridine rings is 4. The van der Waals surface area contributed by atoms with Gasteiger partial charge in [0.2, 0.25) is 0 Å². The zero-order valence-corrected chi connectivity index (χ0v) is 28.4. The minimum absolute atomic E-state index is 0.477. The van der Waals surface area contributed by atoms with Gasteiger partial charge >= 0.3 is 0 Å². The first-order valence-corrected chi connectivity index (χ1v) is 17.1. The van der Waals surface area contributed by atoms with Crippen LogP contribution in [0.5, 0.6) is 5.75 Å². The number of nitrogens with two attached hydrogens (primary N) is 2. The summed E-state index contributed by atoms with van der Waals surface area (Å²) < 4.78 is 5.44. The Labute approximate surface area is 292 Å². The average Bonchev–Trinajstić information content (AvgIpc) is 3.17. The number of nitrogens with zero attached hydrogens (tertiary/aromatic N) is 4. The minimum Gasteiger partial charge on any atom is -0.496 e. The average molecular weight is 657 g/mol. The van der Waals surface area contributed by atoms with Crippen molar-refractivity contribution in [2.45, 2.75) is 39.0 Å². The first-order valence-electron chi connectivity index (χ1n) is 17.1. The lowest BCUT2D eigenvalue weighted by atomic mass is 10.0. The highest BCUT2D eigenvalue weighted by Gasteiger charge is 2.10. The van der Waals surface area contributed by atoms with Gasteiger partial charge in [0.15, 0.2) is 11.6 Å². The molecule has 7 nitrogen and oxygen atoms in total. The van der Waals surface area contributed by atoms with Crippen molar-refractivity contribution in [3.05, 3.63) is 149 Å². The van der Waals surface area contributed by atoms with Gasteiger partial charge < -0.3 is 16.2 Å². The second kappa shape index (κ2) is 14.6. The Kier molecular flexibility index (Phi) is 9.47. The fourth-order valence-corrected chi connectivity index (χ4v) is 6.49. The summed E-state index contributed by atoms with van der Waals surface area (Å²) in [5, 5.41) is 4.33. The van der Waals surface area contributed by atoms with E-state index in [9.17, 15) is 0 Å². The summed E-state index contributed by atoms with van der Waals surface area (Å²) >= 11 is 0. The van der Waals surface area contributed by atoms with Crippen LogP contribution >= 0.6 is 0 Å². The maximum Gasteiger partial charge on any atom is 0.150 e. The molecule has 8 aromatic rings. The summed E-state index contributed by atoms with van der Waals surface area (Å²) in [6, 6.07) is 37.5. The third-order valence-corrected chi connectivity index (χ3v) is 9.25. The molecular formula is C43H40N6O. The number of nitrogen functional groups attached to an aromatic ring is 2. The number of anilines is 2. The molecule has 248 valence electrons. The number of aromatic nitrogens is 4. The predicted molar refractivity (Wildman–Crippen MR) is 207 cm³/mol. The molecule has 7 heteroatoms. The number of fused-ring (bicyclic) bond motifs is 6. The van der Waals surface area contributed by atoms with Crippen LogP contribution in [-0.2, 0) is 32.1 Å². The number of ether oxygens (including phenoxy) is 1. The molecule has 4 aromatic carbocycles. The second-order valence-electron chi connectivity index (χ2n) is 12.5. The van der Waals surface area contributed by atoms with E-state index in [4.69, 9.17) is 16.2 Å². The number of benzene rings is 4. The SMILES string of the molecule is CCc1ccc(CCc2cnc3c(N)nc4ccccc4c3c2)cc1.COc1ccccc1CCc1cnc2c(N)nc3ccccc3c2c1. The van der Waals surface area contributed by atoms with Crippen LogP contribution < -0.4 is 16.2 Å². The minimum atomic E-state index is 0.477. The molecule has 0 aliphatic heterocycles. The van der Waals surface area contributed by atoms with Crippen molar-refractivity contribution in [1.82, 2.24) is 19.9 Å². The topological polar surface area (TPSA) is 113 Å². The summed E-state index contributed by atoms with van der Waals surface area (Å²) in [6.45, 7) is 2.18. The molecule has 0 aliphatic rings. The van der Waals surface area contributed by atoms with Crippen LogP contribution in [0.2, 0.25) is 0 Å². The van der Waals surface area contributed by atoms with Crippen molar-refractivity contribution in [2.75, 3.05) is 18.6 Å². The quantitative estimate of drug-likeness (QED) is 0.157. The molecule has 4 aromatic heterocycles. The van der Waals surface area contributed by atoms with Gasteiger partial charge in [0.05, 0.1) is 18.1 Å². The molecule has 0 saturated carbocycles. The Hall–Kier alpha value is -6.08. The van der Waals surface area contributed by atoms with Crippen LogP contribution in [0.4, 0.5) is 11.6 Å². The Morgan fingerprint density at radius 2 is 1.00 bits per heavy atom. The molecule has 0 unspecified atom stereocenters. The standard InChI is InChI=1S/C22H21N3.C21H19N3O/c1-2-15-7-9-16(10-8-15)11-12-17-13-19-18-5-3-4-6-20(18)25-22(23)21(19)24-14-17;1-25-19-9-5-2-6-15(19)11-10-14-12-17-16-7-3-4-8-18(16)24-21(22)20(17)23-13-14/h3-10,13-14H,2,11-12H2,1H3,(H2,23,25);2-9,12-13H,10-11H2,1H3,(H2,22,24). The monoisotopic (exact) mass is 656 g/mol. The molecule has 0 amide bonds. The molecule has 0 radical (unpaired) electrons. The molecule has 0 fully saturated rings. The van der Waals surface area contributed by atoms with Gasteiger partial charge in [-0.25, -0.2) is 9.97 Å². The Bertz CT molecular complexity index is 2440. The highest BCUT2D eigenvalue weighted by Crippen LogP contribution is 2.29. The van der Waals surface area contributed by atoms with Crippen LogP contribution in [0.25, 0.3) is 43.6 Å². The molecule has 0 saturated heterocycles. The van der Waals surface area contributed by atoms with E-state index in [-0.39, 0.29) is 0 Å². The third-order valence-electron chi connectivity index (χ3n) is 9.25. The van der Waals surface area contributed by atoms with Gasteiger partial charge in [-0.15, -0.1) is 0 Å². The van der Waals surface area contributed by atoms with Gasteiger partial charge in [-0.1, -0.05) is 85.8 Å². The molecule has 4 N–H and O–H groups in total. The third kappa shape index (κ3) is 6.89. The number of methoxy groups -OCH3 is 1. The maximum atomic E-state index is 6.09. The normalized spacial score (nSPS) is 11.2. The number of para-hydroxylation sites is 3. The fourth-order valence-electron chi connectivity index (χ4n) is 6.49. The van der Waals surface area contributed by atoms with Crippen molar-refractivity contribution in [1.29, 1.82) is 0 Å². The van der Waals surface area contributed by atoms with Crippen molar-refractivity contribution in [2.24, 2.45) is 0 Å². The molecule has 50 heavy (non-hydrogen) atoms. The van der Waals surface area contributed by atoms with Gasteiger partial charge in [-0.3, -0.25) is 9.97 Å². The molecule has 0 bridgehead atoms. The summed E-state index contributed by atoms with van der Waals surface area (Å²) in [5.74, 6) is 1.90. The van der Waals surface area contributed by atoms with Crippen LogP contribution in [-0.4, -0.2) is 27.0 Å². The van der Waals surface area contributed by atoms with E-state index < -0.39 is 0 Å². The van der Waals surface area contributed by atoms with E-state index in [2.05, 4.69) is 81.5 Å². The number of rotatable bonds is 8. The van der Waals surface area contributed by atoms with Gasteiger partial charge in [-0.2, -0.15) is 0 Å². The number of hydrogen-bond donors (Lipinski definition) is 2. The van der Waals surface area contributed by atoms with Crippen LogP contribution in [0.15, 0.2) is 122 Å². The van der Waals surface area contributed by atoms with Crippen LogP contribution in [0, 0.1) is 0 Å². The molecule has 0 spiro atoms. The zero-order valence-electron chi connectivity index (χ0n) is 28.4. The van der Waals surface area contributed by atoms with Gasteiger partial charge in [-0.05, 0) is 90.3 Å². The van der Waals surface area contributed by atoms with E-state index in [0.717, 1.165) is 81.5 Å². The highest BCUT2D eigenvalue weighted by molar-refractivity contribution is 6.09. The lowest BCUT2D eigenvalue weighted by molar-refractivity contribution is 0.409. The van der Waals surface area contributed by atoms with Crippen molar-refractivity contribution in [3.63, 3.8) is 0 Å². The molecule has 0 atom stereocenters. The maximum absolute atomic E-state index is 6.09. The first-order chi connectivity index (χ1) is 24.5. The number of aryl methyl sites for hydroxylation is 5. The largest absolute Gasteiger partial charge is 0.496 e.